The lowest BCUT2D eigenvalue weighted by Crippen LogP contribution is -2.20. The van der Waals surface area contributed by atoms with Crippen molar-refractivity contribution in [2.45, 2.75) is 12.6 Å². The number of benzene rings is 2. The van der Waals surface area contributed by atoms with Gasteiger partial charge in [0.05, 0.1) is 24.1 Å². The molecule has 1 N–H and O–H groups in total. The fourth-order valence-electron chi connectivity index (χ4n) is 2.11. The molecule has 0 aliphatic carbocycles. The van der Waals surface area contributed by atoms with Crippen molar-refractivity contribution in [1.29, 1.82) is 0 Å². The maximum absolute atomic E-state index is 12.8. The molecule has 0 fully saturated rings. The number of nitrogens with one attached hydrogen (secondary N) is 1. The smallest absolute Gasteiger partial charge is 0.417 e. The van der Waals surface area contributed by atoms with Crippen LogP contribution in [-0.4, -0.2) is 25.6 Å². The number of ether oxygens (including phenoxy) is 2. The van der Waals surface area contributed by atoms with Crippen molar-refractivity contribution in [2.75, 3.05) is 19.0 Å². The Bertz CT molecular complexity index is 822. The van der Waals surface area contributed by atoms with E-state index in [0.717, 1.165) is 12.1 Å². The molecule has 0 radical (unpaired) electrons. The summed E-state index contributed by atoms with van der Waals surface area (Å²) in [6.07, 6.45) is -4.52. The molecule has 1 amide bonds. The molecule has 9 heteroatoms. The first-order valence-electron chi connectivity index (χ1n) is 7.64. The number of rotatable bonds is 6. The number of hydrogen-bond donors (Lipinski definition) is 1. The summed E-state index contributed by atoms with van der Waals surface area (Å²) in [6.45, 7) is -0.402. The van der Waals surface area contributed by atoms with Crippen LogP contribution < -0.4 is 10.1 Å². The minimum absolute atomic E-state index is 0.0475. The number of alkyl halides is 3. The van der Waals surface area contributed by atoms with Crippen molar-refractivity contribution in [3.63, 3.8) is 0 Å². The van der Waals surface area contributed by atoms with Crippen LogP contribution in [0.2, 0.25) is 5.02 Å². The van der Waals surface area contributed by atoms with Crippen LogP contribution in [0, 0.1) is 0 Å². The first kappa shape index (κ1) is 20.6. The molecule has 2 aromatic rings. The van der Waals surface area contributed by atoms with E-state index in [1.54, 1.807) is 24.3 Å². The maximum atomic E-state index is 12.8. The van der Waals surface area contributed by atoms with Gasteiger partial charge in [0.1, 0.15) is 5.75 Å². The Morgan fingerprint density at radius 1 is 1.11 bits per heavy atom. The van der Waals surface area contributed by atoms with E-state index in [0.29, 0.717) is 11.3 Å². The van der Waals surface area contributed by atoms with Crippen molar-refractivity contribution in [3.05, 3.63) is 58.6 Å². The molecule has 0 saturated carbocycles. The second-order valence-electron chi connectivity index (χ2n) is 5.43. The summed E-state index contributed by atoms with van der Waals surface area (Å²) in [7, 11) is 1.29. The molecule has 144 valence electrons. The lowest BCUT2D eigenvalue weighted by Gasteiger charge is -2.12. The van der Waals surface area contributed by atoms with Crippen molar-refractivity contribution in [2.24, 2.45) is 0 Å². The monoisotopic (exact) mass is 401 g/mol. The van der Waals surface area contributed by atoms with Crippen molar-refractivity contribution in [3.8, 4) is 5.75 Å². The molecule has 5 nitrogen and oxygen atoms in total. The second kappa shape index (κ2) is 8.77. The third kappa shape index (κ3) is 6.18. The van der Waals surface area contributed by atoms with Gasteiger partial charge in [0.15, 0.2) is 6.61 Å². The van der Waals surface area contributed by atoms with Crippen molar-refractivity contribution in [1.82, 2.24) is 0 Å². The van der Waals surface area contributed by atoms with Gasteiger partial charge in [-0.15, -0.1) is 0 Å². The molecule has 0 saturated heterocycles. The Morgan fingerprint density at radius 2 is 1.78 bits per heavy atom. The number of anilines is 1. The van der Waals surface area contributed by atoms with Gasteiger partial charge in [-0.3, -0.25) is 9.59 Å². The lowest BCUT2D eigenvalue weighted by molar-refractivity contribution is -0.140. The Morgan fingerprint density at radius 3 is 2.37 bits per heavy atom. The first-order chi connectivity index (χ1) is 12.7. The highest BCUT2D eigenvalue weighted by atomic mass is 35.5. The van der Waals surface area contributed by atoms with E-state index < -0.39 is 29.3 Å². The Kier molecular flexibility index (Phi) is 6.68. The number of halogens is 4. The topological polar surface area (TPSA) is 64.6 Å². The Labute approximate surface area is 158 Å². The number of amides is 1. The lowest BCUT2D eigenvalue weighted by atomic mass is 10.1. The molecule has 0 aliphatic rings. The summed E-state index contributed by atoms with van der Waals surface area (Å²) in [5.74, 6) is -0.654. The summed E-state index contributed by atoms with van der Waals surface area (Å²) in [4.78, 5) is 23.0. The minimum atomic E-state index is -4.62. The molecule has 27 heavy (non-hydrogen) atoms. The Balaban J connectivity index is 1.92. The molecule has 0 aromatic heterocycles. The highest BCUT2D eigenvalue weighted by molar-refractivity contribution is 6.31. The van der Waals surface area contributed by atoms with Gasteiger partial charge >= 0.3 is 12.1 Å². The molecule has 2 rings (SSSR count). The number of carbonyl (C=O) groups excluding carboxylic acids is 2. The van der Waals surface area contributed by atoms with Crippen LogP contribution in [0.3, 0.4) is 0 Å². The quantitative estimate of drug-likeness (QED) is 0.740. The highest BCUT2D eigenvalue weighted by Gasteiger charge is 2.33. The molecule has 0 unspecified atom stereocenters. The van der Waals surface area contributed by atoms with Gasteiger partial charge in [0.25, 0.3) is 5.91 Å². The van der Waals surface area contributed by atoms with E-state index in [4.69, 9.17) is 16.3 Å². The molecule has 0 spiro atoms. The van der Waals surface area contributed by atoms with E-state index >= 15 is 0 Å². The molecule has 0 bridgehead atoms. The largest absolute Gasteiger partial charge is 0.484 e. The van der Waals surface area contributed by atoms with Gasteiger partial charge in [-0.25, -0.2) is 0 Å². The van der Waals surface area contributed by atoms with Crippen LogP contribution in [0.4, 0.5) is 18.9 Å². The predicted molar refractivity (Wildman–Crippen MR) is 92.7 cm³/mol. The van der Waals surface area contributed by atoms with E-state index in [1.165, 1.54) is 13.2 Å². The van der Waals surface area contributed by atoms with E-state index in [-0.39, 0.29) is 18.1 Å². The maximum Gasteiger partial charge on any atom is 0.417 e. The third-order valence-electron chi connectivity index (χ3n) is 3.42. The number of carbonyl (C=O) groups is 2. The van der Waals surface area contributed by atoms with Gasteiger partial charge in [-0.05, 0) is 35.9 Å². The predicted octanol–water partition coefficient (Wildman–Crippen LogP) is 4.09. The van der Waals surface area contributed by atoms with E-state index in [9.17, 15) is 22.8 Å². The van der Waals surface area contributed by atoms with E-state index in [1.807, 2.05) is 0 Å². The summed E-state index contributed by atoms with van der Waals surface area (Å²) in [6, 6.07) is 9.48. The average molecular weight is 402 g/mol. The van der Waals surface area contributed by atoms with E-state index in [2.05, 4.69) is 10.1 Å². The highest BCUT2D eigenvalue weighted by Crippen LogP contribution is 2.36. The molecule has 2 aromatic carbocycles. The summed E-state index contributed by atoms with van der Waals surface area (Å²) >= 11 is 5.53. The zero-order chi connectivity index (χ0) is 20.0. The van der Waals surface area contributed by atoms with Crippen LogP contribution in [0.5, 0.6) is 5.75 Å². The first-order valence-corrected chi connectivity index (χ1v) is 8.02. The second-order valence-corrected chi connectivity index (χ2v) is 5.83. The summed E-state index contributed by atoms with van der Waals surface area (Å²) in [5.41, 5.74) is -0.377. The zero-order valence-corrected chi connectivity index (χ0v) is 14.9. The standard InChI is InChI=1S/C18H15ClF3NO4/c1-26-17(25)8-11-2-5-13(6-3-11)27-10-16(24)23-12-4-7-15(19)14(9-12)18(20,21)22/h2-7,9H,8,10H2,1H3,(H,23,24). The fraction of sp³-hybridized carbons (Fsp3) is 0.222. The zero-order valence-electron chi connectivity index (χ0n) is 14.1. The van der Waals surface area contributed by atoms with Crippen LogP contribution >= 0.6 is 11.6 Å². The van der Waals surface area contributed by atoms with Crippen LogP contribution in [0.1, 0.15) is 11.1 Å². The average Bonchev–Trinajstić information content (AvgIpc) is 2.61. The Hall–Kier alpha value is -2.74. The van der Waals surface area contributed by atoms with Gasteiger partial charge in [0.2, 0.25) is 0 Å². The normalized spacial score (nSPS) is 11.0. The van der Waals surface area contributed by atoms with Gasteiger partial charge in [0, 0.05) is 5.69 Å². The van der Waals surface area contributed by atoms with Gasteiger partial charge < -0.3 is 14.8 Å². The number of methoxy groups -OCH3 is 1. The van der Waals surface area contributed by atoms with Crippen LogP contribution in [0.25, 0.3) is 0 Å². The number of hydrogen-bond acceptors (Lipinski definition) is 4. The van der Waals surface area contributed by atoms with Gasteiger partial charge in [-0.2, -0.15) is 13.2 Å². The summed E-state index contributed by atoms with van der Waals surface area (Å²) in [5, 5.41) is 1.86. The fourth-order valence-corrected chi connectivity index (χ4v) is 2.33. The van der Waals surface area contributed by atoms with Crippen LogP contribution in [-0.2, 0) is 26.9 Å². The molecule has 0 heterocycles. The SMILES string of the molecule is COC(=O)Cc1ccc(OCC(=O)Nc2ccc(Cl)c(C(F)(F)F)c2)cc1. The van der Waals surface area contributed by atoms with Crippen molar-refractivity contribution >= 4 is 29.2 Å². The number of esters is 1. The molecular formula is C18H15ClF3NO4. The van der Waals surface area contributed by atoms with Crippen molar-refractivity contribution < 1.29 is 32.2 Å². The molecule has 0 atom stereocenters. The summed E-state index contributed by atoms with van der Waals surface area (Å²) < 4.78 is 48.3. The molecule has 0 aliphatic heterocycles. The minimum Gasteiger partial charge on any atom is -0.484 e. The third-order valence-corrected chi connectivity index (χ3v) is 3.75. The molecular weight excluding hydrogens is 387 g/mol. The van der Waals surface area contributed by atoms with Crippen LogP contribution in [0.15, 0.2) is 42.5 Å². The van der Waals surface area contributed by atoms with Gasteiger partial charge in [-0.1, -0.05) is 23.7 Å².